The predicted octanol–water partition coefficient (Wildman–Crippen LogP) is 5.07. The number of hydrazone groups is 1. The summed E-state index contributed by atoms with van der Waals surface area (Å²) in [6, 6.07) is 22.0. The van der Waals surface area contributed by atoms with Crippen molar-refractivity contribution in [1.29, 1.82) is 0 Å². The van der Waals surface area contributed by atoms with Crippen LogP contribution in [0.3, 0.4) is 0 Å². The Morgan fingerprint density at radius 2 is 1.32 bits per heavy atom. The molecule has 3 aromatic rings. The number of benzene rings is 3. The van der Waals surface area contributed by atoms with Crippen molar-refractivity contribution >= 4 is 15.7 Å². The summed E-state index contributed by atoms with van der Waals surface area (Å²) in [4.78, 5) is 2.56. The van der Waals surface area contributed by atoms with E-state index in [2.05, 4.69) is 23.8 Å². The molecule has 0 unspecified atom stereocenters. The number of hydrogen-bond acceptors (Lipinski definition) is 4. The van der Waals surface area contributed by atoms with Crippen LogP contribution in [-0.2, 0) is 10.0 Å². The molecule has 0 spiro atoms. The quantitative estimate of drug-likeness (QED) is 0.396. The van der Waals surface area contributed by atoms with Crippen molar-refractivity contribution in [2.45, 2.75) is 32.6 Å². The van der Waals surface area contributed by atoms with E-state index >= 15 is 0 Å². The van der Waals surface area contributed by atoms with E-state index in [1.807, 2.05) is 62.4 Å². The molecule has 0 heterocycles. The van der Waals surface area contributed by atoms with Gasteiger partial charge in [0.2, 0.25) is 0 Å². The van der Waals surface area contributed by atoms with Gasteiger partial charge in [-0.2, -0.15) is 18.4 Å². The molecule has 3 rings (SSSR count). The van der Waals surface area contributed by atoms with E-state index in [-0.39, 0.29) is 4.90 Å². The Bertz CT molecular complexity index is 1130. The lowest BCUT2D eigenvalue weighted by atomic mass is 10.0. The molecule has 162 valence electrons. The Balaban J connectivity index is 1.93. The van der Waals surface area contributed by atoms with Gasteiger partial charge in [0.05, 0.1) is 17.2 Å². The highest BCUT2D eigenvalue weighted by atomic mass is 32.2. The average molecular weight is 437 g/mol. The molecular weight excluding hydrogens is 408 g/mol. The number of aryl methyl sites for hydroxylation is 2. The molecule has 5 nitrogen and oxygen atoms in total. The first-order chi connectivity index (χ1) is 14.7. The van der Waals surface area contributed by atoms with Crippen LogP contribution in [0.1, 0.15) is 36.1 Å². The van der Waals surface area contributed by atoms with Gasteiger partial charge in [0, 0.05) is 11.1 Å². The van der Waals surface area contributed by atoms with Crippen LogP contribution in [0.25, 0.3) is 0 Å². The van der Waals surface area contributed by atoms with Crippen LogP contribution in [0.4, 0.5) is 0 Å². The number of hydrogen-bond donors (Lipinski definition) is 1. The Labute approximate surface area is 184 Å². The summed E-state index contributed by atoms with van der Waals surface area (Å²) >= 11 is 0. The molecule has 0 aliphatic rings. The van der Waals surface area contributed by atoms with E-state index in [9.17, 15) is 8.42 Å². The second kappa shape index (κ2) is 9.79. The molecule has 0 aliphatic heterocycles. The van der Waals surface area contributed by atoms with E-state index < -0.39 is 10.0 Å². The maximum Gasteiger partial charge on any atom is 0.276 e. The van der Waals surface area contributed by atoms with Gasteiger partial charge >= 0.3 is 0 Å². The first-order valence-electron chi connectivity index (χ1n) is 10.2. The van der Waals surface area contributed by atoms with Gasteiger partial charge in [0.1, 0.15) is 5.75 Å². The molecule has 31 heavy (non-hydrogen) atoms. The molecule has 0 aromatic heterocycles. The van der Waals surface area contributed by atoms with Crippen LogP contribution in [0, 0.1) is 19.8 Å². The van der Waals surface area contributed by atoms with E-state index in [1.165, 1.54) is 0 Å². The zero-order valence-electron chi connectivity index (χ0n) is 18.3. The lowest BCUT2D eigenvalue weighted by Crippen LogP contribution is -2.21. The number of rotatable bonds is 8. The Morgan fingerprint density at radius 1 is 0.839 bits per heavy atom. The molecule has 0 atom stereocenters. The van der Waals surface area contributed by atoms with Crippen LogP contribution in [0.2, 0.25) is 0 Å². The fourth-order valence-corrected chi connectivity index (χ4v) is 3.67. The third-order valence-corrected chi connectivity index (χ3v) is 5.87. The van der Waals surface area contributed by atoms with Gasteiger partial charge in [-0.1, -0.05) is 61.4 Å². The highest BCUT2D eigenvalue weighted by Gasteiger charge is 2.15. The van der Waals surface area contributed by atoms with Gasteiger partial charge in [0.15, 0.2) is 0 Å². The van der Waals surface area contributed by atoms with Crippen LogP contribution in [0.5, 0.6) is 5.75 Å². The fraction of sp³-hybridized carbons (Fsp3) is 0.240. The standard InChI is InChI=1S/C25H28N2O3S/c1-18(2)17-30-23-13-11-22(12-14-23)25(21-9-5-19(3)6-10-21)26-27-31(28,29)24-15-7-20(4)8-16-24/h5-16,18,27H,17H2,1-4H3. The molecule has 0 saturated heterocycles. The van der Waals surface area contributed by atoms with Crippen molar-refractivity contribution in [3.63, 3.8) is 0 Å². The van der Waals surface area contributed by atoms with Crippen molar-refractivity contribution in [1.82, 2.24) is 4.83 Å². The average Bonchev–Trinajstić information content (AvgIpc) is 2.74. The Kier molecular flexibility index (Phi) is 7.13. The van der Waals surface area contributed by atoms with Gasteiger partial charge in [-0.05, 0) is 56.2 Å². The fourth-order valence-electron chi connectivity index (χ4n) is 2.85. The molecule has 0 bridgehead atoms. The van der Waals surface area contributed by atoms with Crippen LogP contribution in [0.15, 0.2) is 82.8 Å². The number of nitrogens with one attached hydrogen (secondary N) is 1. The minimum Gasteiger partial charge on any atom is -0.493 e. The minimum atomic E-state index is -3.78. The van der Waals surface area contributed by atoms with Crippen molar-refractivity contribution in [3.05, 3.63) is 95.1 Å². The summed E-state index contributed by atoms with van der Waals surface area (Å²) in [5.74, 6) is 1.20. The molecule has 0 fully saturated rings. The monoisotopic (exact) mass is 436 g/mol. The maximum atomic E-state index is 12.7. The Morgan fingerprint density at radius 3 is 1.84 bits per heavy atom. The van der Waals surface area contributed by atoms with E-state index in [4.69, 9.17) is 4.74 Å². The summed E-state index contributed by atoms with van der Waals surface area (Å²) in [6.07, 6.45) is 0. The van der Waals surface area contributed by atoms with Gasteiger partial charge in [-0.15, -0.1) is 0 Å². The van der Waals surface area contributed by atoms with Crippen molar-refractivity contribution in [2.24, 2.45) is 11.0 Å². The molecule has 0 saturated carbocycles. The maximum absolute atomic E-state index is 12.7. The van der Waals surface area contributed by atoms with Crippen molar-refractivity contribution < 1.29 is 13.2 Å². The highest BCUT2D eigenvalue weighted by Crippen LogP contribution is 2.18. The molecule has 0 amide bonds. The van der Waals surface area contributed by atoms with Gasteiger partial charge in [0.25, 0.3) is 10.0 Å². The summed E-state index contributed by atoms with van der Waals surface area (Å²) < 4.78 is 31.2. The topological polar surface area (TPSA) is 67.8 Å². The Hall–Kier alpha value is -3.12. The summed E-state index contributed by atoms with van der Waals surface area (Å²) in [6.45, 7) is 8.73. The molecular formula is C25H28N2O3S. The van der Waals surface area contributed by atoms with Gasteiger partial charge in [-0.25, -0.2) is 0 Å². The second-order valence-corrected chi connectivity index (χ2v) is 9.62. The lowest BCUT2D eigenvalue weighted by molar-refractivity contribution is 0.271. The first kappa shape index (κ1) is 22.6. The predicted molar refractivity (Wildman–Crippen MR) is 125 cm³/mol. The third kappa shape index (κ3) is 6.18. The molecule has 0 radical (unpaired) electrons. The molecule has 0 aliphatic carbocycles. The van der Waals surface area contributed by atoms with E-state index in [0.717, 1.165) is 28.0 Å². The molecule has 1 N–H and O–H groups in total. The zero-order valence-corrected chi connectivity index (χ0v) is 19.1. The van der Waals surface area contributed by atoms with Crippen LogP contribution < -0.4 is 9.57 Å². The number of nitrogens with zero attached hydrogens (tertiary/aromatic N) is 1. The second-order valence-electron chi connectivity index (χ2n) is 7.96. The third-order valence-electron chi connectivity index (χ3n) is 4.65. The molecule has 3 aromatic carbocycles. The highest BCUT2D eigenvalue weighted by molar-refractivity contribution is 7.89. The van der Waals surface area contributed by atoms with Crippen LogP contribution >= 0.6 is 0 Å². The normalized spacial score (nSPS) is 12.1. The van der Waals surface area contributed by atoms with Gasteiger partial charge in [-0.3, -0.25) is 0 Å². The lowest BCUT2D eigenvalue weighted by Gasteiger charge is -2.12. The summed E-state index contributed by atoms with van der Waals surface area (Å²) in [5, 5.41) is 4.31. The largest absolute Gasteiger partial charge is 0.493 e. The number of ether oxygens (including phenoxy) is 1. The van der Waals surface area contributed by atoms with Crippen LogP contribution in [-0.4, -0.2) is 20.7 Å². The zero-order chi connectivity index (χ0) is 22.4. The van der Waals surface area contributed by atoms with E-state index in [1.54, 1.807) is 24.3 Å². The first-order valence-corrected chi connectivity index (χ1v) is 11.7. The minimum absolute atomic E-state index is 0.169. The molecule has 6 heteroatoms. The van der Waals surface area contributed by atoms with Crippen molar-refractivity contribution in [2.75, 3.05) is 6.61 Å². The van der Waals surface area contributed by atoms with Gasteiger partial charge < -0.3 is 4.74 Å². The SMILES string of the molecule is Cc1ccc(C(=NNS(=O)(=O)c2ccc(C)cc2)c2ccc(OCC(C)C)cc2)cc1. The summed E-state index contributed by atoms with van der Waals surface area (Å²) in [7, 11) is -3.78. The number of sulfonamides is 1. The summed E-state index contributed by atoms with van der Waals surface area (Å²) in [5.41, 5.74) is 4.23. The van der Waals surface area contributed by atoms with E-state index in [0.29, 0.717) is 18.2 Å². The smallest absolute Gasteiger partial charge is 0.276 e. The van der Waals surface area contributed by atoms with Crippen molar-refractivity contribution in [3.8, 4) is 5.75 Å².